The summed E-state index contributed by atoms with van der Waals surface area (Å²) in [6.07, 6.45) is 11.5. The summed E-state index contributed by atoms with van der Waals surface area (Å²) in [4.78, 5) is 0. The molecule has 0 nitrogen and oxygen atoms in total. The summed E-state index contributed by atoms with van der Waals surface area (Å²) in [5.74, 6) is 0. The average Bonchev–Trinajstić information content (AvgIpc) is 2.42. The molecule has 0 aliphatic heterocycles. The van der Waals surface area contributed by atoms with E-state index in [1.54, 1.807) is 6.08 Å². The Hall–Kier alpha value is -2.08. The zero-order valence-electron chi connectivity index (χ0n) is 11.7. The maximum Gasteiger partial charge on any atom is -0.0236 e. The Labute approximate surface area is 117 Å². The van der Waals surface area contributed by atoms with Gasteiger partial charge in [-0.15, -0.1) is 0 Å². The van der Waals surface area contributed by atoms with E-state index in [9.17, 15) is 0 Å². The van der Waals surface area contributed by atoms with Crippen molar-refractivity contribution in [3.63, 3.8) is 0 Å². The Kier molecular flexibility index (Phi) is 6.38. The van der Waals surface area contributed by atoms with Crippen LogP contribution >= 0.6 is 0 Å². The number of aryl methyl sites for hydroxylation is 2. The second-order valence-electron chi connectivity index (χ2n) is 4.48. The van der Waals surface area contributed by atoms with E-state index in [4.69, 9.17) is 0 Å². The minimum Gasteiger partial charge on any atom is -0.0991 e. The highest BCUT2D eigenvalue weighted by molar-refractivity contribution is 5.40. The monoisotopic (exact) mass is 250 g/mol. The van der Waals surface area contributed by atoms with Gasteiger partial charge in [0.05, 0.1) is 0 Å². The van der Waals surface area contributed by atoms with E-state index >= 15 is 0 Å². The predicted molar refractivity (Wildman–Crippen MR) is 86.3 cm³/mol. The molecular formula is C19H22. The van der Waals surface area contributed by atoms with Crippen molar-refractivity contribution in [3.8, 4) is 0 Å². The molecule has 0 spiro atoms. The van der Waals surface area contributed by atoms with Crippen LogP contribution in [0.15, 0.2) is 85.5 Å². The van der Waals surface area contributed by atoms with Crippen LogP contribution in [0.25, 0.3) is 0 Å². The van der Waals surface area contributed by atoms with E-state index in [-0.39, 0.29) is 0 Å². The fourth-order valence-corrected chi connectivity index (χ4v) is 1.89. The molecule has 1 aromatic rings. The molecule has 0 heterocycles. The van der Waals surface area contributed by atoms with Crippen LogP contribution in [0.1, 0.15) is 17.5 Å². The molecule has 1 rings (SSSR count). The van der Waals surface area contributed by atoms with Gasteiger partial charge in [0.15, 0.2) is 0 Å². The quantitative estimate of drug-likeness (QED) is 0.573. The summed E-state index contributed by atoms with van der Waals surface area (Å²) < 4.78 is 0. The molecule has 0 heteroatoms. The fourth-order valence-electron chi connectivity index (χ4n) is 1.89. The summed E-state index contributed by atoms with van der Waals surface area (Å²) in [6, 6.07) is 8.48. The van der Waals surface area contributed by atoms with E-state index in [0.29, 0.717) is 0 Å². The highest BCUT2D eigenvalue weighted by Gasteiger charge is 2.01. The molecule has 19 heavy (non-hydrogen) atoms. The van der Waals surface area contributed by atoms with Crippen molar-refractivity contribution >= 4 is 0 Å². The number of benzene rings is 1. The minimum atomic E-state index is 0.949. The fraction of sp³-hybridized carbons (Fsp3) is 0.158. The van der Waals surface area contributed by atoms with E-state index in [0.717, 1.165) is 24.0 Å². The second kappa shape index (κ2) is 8.10. The van der Waals surface area contributed by atoms with Crippen LogP contribution in [0.3, 0.4) is 0 Å². The Morgan fingerprint density at radius 2 is 1.89 bits per heavy atom. The van der Waals surface area contributed by atoms with E-state index < -0.39 is 0 Å². The number of hydrogen-bond acceptors (Lipinski definition) is 0. The van der Waals surface area contributed by atoms with E-state index in [1.807, 2.05) is 24.3 Å². The number of hydrogen-bond donors (Lipinski definition) is 0. The average molecular weight is 250 g/mol. The molecule has 0 saturated carbocycles. The van der Waals surface area contributed by atoms with Gasteiger partial charge in [0.1, 0.15) is 0 Å². The first-order valence-corrected chi connectivity index (χ1v) is 6.53. The number of allylic oxidation sites excluding steroid dienone is 7. The molecule has 0 aliphatic rings. The van der Waals surface area contributed by atoms with E-state index in [2.05, 4.69) is 50.9 Å². The molecule has 0 saturated heterocycles. The summed E-state index contributed by atoms with van der Waals surface area (Å²) in [6.45, 7) is 13.8. The second-order valence-corrected chi connectivity index (χ2v) is 4.48. The van der Waals surface area contributed by atoms with Crippen molar-refractivity contribution in [2.75, 3.05) is 0 Å². The van der Waals surface area contributed by atoms with Gasteiger partial charge in [-0.05, 0) is 42.0 Å². The first-order chi connectivity index (χ1) is 9.19. The Morgan fingerprint density at radius 3 is 2.53 bits per heavy atom. The molecule has 0 aromatic heterocycles. The maximum atomic E-state index is 4.15. The van der Waals surface area contributed by atoms with Crippen LogP contribution in [0.2, 0.25) is 0 Å². The van der Waals surface area contributed by atoms with Crippen molar-refractivity contribution in [3.05, 3.63) is 96.7 Å². The van der Waals surface area contributed by atoms with Crippen LogP contribution in [0.4, 0.5) is 0 Å². The summed E-state index contributed by atoms with van der Waals surface area (Å²) in [7, 11) is 0. The van der Waals surface area contributed by atoms with Crippen molar-refractivity contribution in [1.82, 2.24) is 0 Å². The third kappa shape index (κ3) is 4.97. The largest absolute Gasteiger partial charge is 0.0991 e. The molecule has 0 aliphatic carbocycles. The van der Waals surface area contributed by atoms with Crippen LogP contribution < -0.4 is 0 Å². The van der Waals surface area contributed by atoms with E-state index in [1.165, 1.54) is 11.1 Å². The lowest BCUT2D eigenvalue weighted by Gasteiger charge is -2.08. The van der Waals surface area contributed by atoms with Crippen LogP contribution in [0, 0.1) is 6.92 Å². The van der Waals surface area contributed by atoms with Gasteiger partial charge >= 0.3 is 0 Å². The van der Waals surface area contributed by atoms with Crippen molar-refractivity contribution < 1.29 is 0 Å². The van der Waals surface area contributed by atoms with Crippen LogP contribution in [-0.4, -0.2) is 0 Å². The molecule has 0 radical (unpaired) electrons. The standard InChI is InChI=1S/C19H22/c1-5-7-8-12-18(6-2)17(4)14-15-19-13-10-9-11-16(19)3/h5-13H,1-2,4,14-15H2,3H3/b8-7-,18-12+. The SMILES string of the molecule is C=C/C=C\C=C(/C=C)C(=C)CCc1ccccc1C. The Morgan fingerprint density at radius 1 is 1.16 bits per heavy atom. The van der Waals surface area contributed by atoms with Gasteiger partial charge in [0.2, 0.25) is 0 Å². The van der Waals surface area contributed by atoms with Crippen LogP contribution in [0.5, 0.6) is 0 Å². The Balaban J connectivity index is 2.66. The summed E-state index contributed by atoms with van der Waals surface area (Å²) >= 11 is 0. The normalized spacial score (nSPS) is 11.5. The summed E-state index contributed by atoms with van der Waals surface area (Å²) in [5.41, 5.74) is 4.93. The minimum absolute atomic E-state index is 0.949. The highest BCUT2D eigenvalue weighted by Crippen LogP contribution is 2.18. The van der Waals surface area contributed by atoms with Gasteiger partial charge in [0.25, 0.3) is 0 Å². The third-order valence-corrected chi connectivity index (χ3v) is 3.11. The highest BCUT2D eigenvalue weighted by atomic mass is 14.1. The molecule has 0 bridgehead atoms. The van der Waals surface area contributed by atoms with Gasteiger partial charge in [-0.25, -0.2) is 0 Å². The van der Waals surface area contributed by atoms with Crippen molar-refractivity contribution in [2.45, 2.75) is 19.8 Å². The maximum absolute atomic E-state index is 4.15. The first-order valence-electron chi connectivity index (χ1n) is 6.53. The van der Waals surface area contributed by atoms with Gasteiger partial charge in [-0.1, -0.05) is 74.4 Å². The molecule has 0 fully saturated rings. The van der Waals surface area contributed by atoms with Gasteiger partial charge < -0.3 is 0 Å². The lowest BCUT2D eigenvalue weighted by Crippen LogP contribution is -1.93. The molecule has 0 amide bonds. The lowest BCUT2D eigenvalue weighted by atomic mass is 9.97. The molecule has 98 valence electrons. The smallest absolute Gasteiger partial charge is 0.0236 e. The molecule has 0 N–H and O–H groups in total. The molecule has 1 aromatic carbocycles. The van der Waals surface area contributed by atoms with Crippen molar-refractivity contribution in [2.24, 2.45) is 0 Å². The first kappa shape index (κ1) is 15.0. The zero-order chi connectivity index (χ0) is 14.1. The third-order valence-electron chi connectivity index (χ3n) is 3.11. The van der Waals surface area contributed by atoms with Gasteiger partial charge in [-0.3, -0.25) is 0 Å². The topological polar surface area (TPSA) is 0 Å². The van der Waals surface area contributed by atoms with Crippen molar-refractivity contribution in [1.29, 1.82) is 0 Å². The molecule has 0 atom stereocenters. The lowest BCUT2D eigenvalue weighted by molar-refractivity contribution is 0.948. The Bertz CT molecular complexity index is 513. The van der Waals surface area contributed by atoms with Gasteiger partial charge in [0, 0.05) is 0 Å². The molecule has 0 unspecified atom stereocenters. The zero-order valence-corrected chi connectivity index (χ0v) is 11.7. The van der Waals surface area contributed by atoms with Gasteiger partial charge in [-0.2, -0.15) is 0 Å². The predicted octanol–water partition coefficient (Wildman–Crippen LogP) is 5.34. The number of rotatable bonds is 7. The van der Waals surface area contributed by atoms with Crippen LogP contribution in [-0.2, 0) is 6.42 Å². The summed E-state index contributed by atoms with van der Waals surface area (Å²) in [5, 5.41) is 0. The molecular weight excluding hydrogens is 228 g/mol.